The molecule has 2 N–H and O–H groups in total. The van der Waals surface area contributed by atoms with Crippen LogP contribution in [0.25, 0.3) is 0 Å². The molecule has 0 fully saturated rings. The average Bonchev–Trinajstić information content (AvgIpc) is 2.54. The Hall–Kier alpha value is -2.59. The number of methoxy groups -OCH3 is 1. The quantitative estimate of drug-likeness (QED) is 0.731. The number of nitrogens with one attached hydrogen (secondary N) is 2. The van der Waals surface area contributed by atoms with Crippen molar-refractivity contribution < 1.29 is 26.4 Å². The Labute approximate surface area is 145 Å². The zero-order valence-electron chi connectivity index (χ0n) is 13.4. The van der Waals surface area contributed by atoms with Crippen molar-refractivity contribution in [3.63, 3.8) is 0 Å². The Bertz CT molecular complexity index is 1000. The van der Waals surface area contributed by atoms with E-state index in [1.54, 1.807) is 12.1 Å². The number of carbonyl (C=O) groups excluding carboxylic acids is 1. The van der Waals surface area contributed by atoms with Crippen LogP contribution in [-0.2, 0) is 24.8 Å². The normalized spacial score (nSPS) is 11.6. The summed E-state index contributed by atoms with van der Waals surface area (Å²) in [6, 6.07) is 11.2. The Morgan fingerprint density at radius 3 is 2.08 bits per heavy atom. The Balaban J connectivity index is 2.39. The van der Waals surface area contributed by atoms with Crippen molar-refractivity contribution in [2.75, 3.05) is 22.8 Å². The van der Waals surface area contributed by atoms with Crippen LogP contribution in [-0.4, -0.2) is 36.2 Å². The fourth-order valence-electron chi connectivity index (χ4n) is 1.97. The van der Waals surface area contributed by atoms with Crippen LogP contribution in [0.4, 0.5) is 11.4 Å². The molecule has 8 nitrogen and oxygen atoms in total. The fourth-order valence-corrected chi connectivity index (χ4v) is 3.68. The smallest absolute Gasteiger partial charge is 0.337 e. The van der Waals surface area contributed by atoms with Crippen molar-refractivity contribution in [3.8, 4) is 0 Å². The molecule has 134 valence electrons. The molecule has 0 radical (unpaired) electrons. The first-order valence-corrected chi connectivity index (χ1v) is 10.3. The Morgan fingerprint density at radius 1 is 0.920 bits per heavy atom. The molecule has 0 heterocycles. The second-order valence-electron chi connectivity index (χ2n) is 5.04. The van der Waals surface area contributed by atoms with Gasteiger partial charge in [0, 0.05) is 0 Å². The first-order chi connectivity index (χ1) is 11.6. The molecule has 0 saturated heterocycles. The van der Waals surface area contributed by atoms with Gasteiger partial charge in [-0.3, -0.25) is 9.44 Å². The molecular formula is C15H16N2O6S2. The summed E-state index contributed by atoms with van der Waals surface area (Å²) in [5, 5.41) is 0. The Kier molecular flexibility index (Phi) is 5.33. The highest BCUT2D eigenvalue weighted by molar-refractivity contribution is 7.93. The van der Waals surface area contributed by atoms with E-state index < -0.39 is 26.0 Å². The molecule has 10 heteroatoms. The van der Waals surface area contributed by atoms with Crippen LogP contribution >= 0.6 is 0 Å². The number of esters is 1. The molecule has 0 aliphatic heterocycles. The van der Waals surface area contributed by atoms with Crippen molar-refractivity contribution in [2.24, 2.45) is 0 Å². The monoisotopic (exact) mass is 384 g/mol. The fraction of sp³-hybridized carbons (Fsp3) is 0.133. The summed E-state index contributed by atoms with van der Waals surface area (Å²) >= 11 is 0. The molecule has 0 spiro atoms. The number of ether oxygens (including phenoxy) is 1. The largest absolute Gasteiger partial charge is 0.465 e. The number of hydrogen-bond acceptors (Lipinski definition) is 6. The van der Waals surface area contributed by atoms with Gasteiger partial charge in [-0.1, -0.05) is 18.2 Å². The molecule has 2 rings (SSSR count). The second-order valence-corrected chi connectivity index (χ2v) is 8.48. The maximum absolute atomic E-state index is 12.5. The topological polar surface area (TPSA) is 119 Å². The highest BCUT2D eigenvalue weighted by Gasteiger charge is 2.19. The third-order valence-corrected chi connectivity index (χ3v) is 4.99. The maximum Gasteiger partial charge on any atom is 0.337 e. The van der Waals surface area contributed by atoms with E-state index in [1.165, 1.54) is 43.5 Å². The lowest BCUT2D eigenvalue weighted by molar-refractivity contribution is 0.0600. The average molecular weight is 384 g/mol. The molecule has 25 heavy (non-hydrogen) atoms. The lowest BCUT2D eigenvalue weighted by Crippen LogP contribution is -2.17. The summed E-state index contributed by atoms with van der Waals surface area (Å²) in [4.78, 5) is 11.4. The third-order valence-electron chi connectivity index (χ3n) is 3.03. The molecule has 0 saturated carbocycles. The minimum absolute atomic E-state index is 0.0522. The van der Waals surface area contributed by atoms with Gasteiger partial charge in [-0.25, -0.2) is 21.6 Å². The van der Waals surface area contributed by atoms with E-state index in [4.69, 9.17) is 0 Å². The van der Waals surface area contributed by atoms with E-state index in [0.717, 1.165) is 6.26 Å². The SMILES string of the molecule is COC(=O)c1cccc(S(=O)(=O)Nc2ccccc2NS(C)(=O)=O)c1. The van der Waals surface area contributed by atoms with Gasteiger partial charge in [-0.15, -0.1) is 0 Å². The molecule has 0 bridgehead atoms. The molecule has 2 aromatic rings. The third kappa shape index (κ3) is 4.94. The van der Waals surface area contributed by atoms with Crippen LogP contribution in [0.1, 0.15) is 10.4 Å². The van der Waals surface area contributed by atoms with E-state index >= 15 is 0 Å². The number of carbonyl (C=O) groups is 1. The number of para-hydroxylation sites is 2. The molecular weight excluding hydrogens is 368 g/mol. The van der Waals surface area contributed by atoms with Gasteiger partial charge in [0.25, 0.3) is 10.0 Å². The summed E-state index contributed by atoms with van der Waals surface area (Å²) in [5.74, 6) is -0.670. The van der Waals surface area contributed by atoms with Gasteiger partial charge in [-0.2, -0.15) is 0 Å². The molecule has 0 aromatic heterocycles. The lowest BCUT2D eigenvalue weighted by Gasteiger charge is -2.13. The molecule has 0 atom stereocenters. The van der Waals surface area contributed by atoms with Gasteiger partial charge in [-0.05, 0) is 30.3 Å². The van der Waals surface area contributed by atoms with E-state index in [2.05, 4.69) is 14.2 Å². The van der Waals surface area contributed by atoms with E-state index in [0.29, 0.717) is 0 Å². The number of sulfonamides is 2. The molecule has 0 aliphatic carbocycles. The number of hydrogen-bond donors (Lipinski definition) is 2. The van der Waals surface area contributed by atoms with E-state index in [1.807, 2.05) is 0 Å². The van der Waals surface area contributed by atoms with Crippen molar-refractivity contribution >= 4 is 37.4 Å². The molecule has 0 aliphatic rings. The zero-order chi connectivity index (χ0) is 18.7. The van der Waals surface area contributed by atoms with E-state index in [9.17, 15) is 21.6 Å². The van der Waals surface area contributed by atoms with E-state index in [-0.39, 0.29) is 21.8 Å². The Morgan fingerprint density at radius 2 is 1.52 bits per heavy atom. The minimum Gasteiger partial charge on any atom is -0.465 e. The second kappa shape index (κ2) is 7.11. The summed E-state index contributed by atoms with van der Waals surface area (Å²) < 4.78 is 57.0. The van der Waals surface area contributed by atoms with Crippen LogP contribution in [0.15, 0.2) is 53.4 Å². The molecule has 0 amide bonds. The predicted molar refractivity (Wildman–Crippen MR) is 93.5 cm³/mol. The number of benzene rings is 2. The van der Waals surface area contributed by atoms with Crippen LogP contribution < -0.4 is 9.44 Å². The van der Waals surface area contributed by atoms with Crippen molar-refractivity contribution in [2.45, 2.75) is 4.90 Å². The van der Waals surface area contributed by atoms with Crippen molar-refractivity contribution in [1.29, 1.82) is 0 Å². The highest BCUT2D eigenvalue weighted by atomic mass is 32.2. The summed E-state index contributed by atoms with van der Waals surface area (Å²) in [5.41, 5.74) is 0.210. The summed E-state index contributed by atoms with van der Waals surface area (Å²) in [6.45, 7) is 0. The minimum atomic E-state index is -4.05. The molecule has 0 unspecified atom stereocenters. The van der Waals surface area contributed by atoms with Gasteiger partial charge in [0.15, 0.2) is 0 Å². The van der Waals surface area contributed by atoms with Crippen LogP contribution in [0.5, 0.6) is 0 Å². The maximum atomic E-state index is 12.5. The van der Waals surface area contributed by atoms with Gasteiger partial charge >= 0.3 is 5.97 Å². The van der Waals surface area contributed by atoms with Crippen molar-refractivity contribution in [1.82, 2.24) is 0 Å². The first-order valence-electron chi connectivity index (χ1n) is 6.90. The predicted octanol–water partition coefficient (Wildman–Crippen LogP) is 1.65. The van der Waals surface area contributed by atoms with Crippen LogP contribution in [0, 0.1) is 0 Å². The first kappa shape index (κ1) is 18.7. The van der Waals surface area contributed by atoms with Gasteiger partial charge in [0.1, 0.15) is 0 Å². The highest BCUT2D eigenvalue weighted by Crippen LogP contribution is 2.25. The van der Waals surface area contributed by atoms with Gasteiger partial charge < -0.3 is 4.74 Å². The van der Waals surface area contributed by atoms with Crippen LogP contribution in [0.2, 0.25) is 0 Å². The van der Waals surface area contributed by atoms with Gasteiger partial charge in [0.05, 0.1) is 35.2 Å². The zero-order valence-corrected chi connectivity index (χ0v) is 15.0. The lowest BCUT2D eigenvalue weighted by atomic mass is 10.2. The number of rotatable bonds is 6. The molecule has 2 aromatic carbocycles. The summed E-state index contributed by atoms with van der Waals surface area (Å²) in [6.07, 6.45) is 0.956. The van der Waals surface area contributed by atoms with Crippen LogP contribution in [0.3, 0.4) is 0 Å². The van der Waals surface area contributed by atoms with Gasteiger partial charge in [0.2, 0.25) is 10.0 Å². The summed E-state index contributed by atoms with van der Waals surface area (Å²) in [7, 11) is -6.45. The van der Waals surface area contributed by atoms with Crippen molar-refractivity contribution in [3.05, 3.63) is 54.1 Å². The standard InChI is InChI=1S/C15H16N2O6S2/c1-23-15(18)11-6-5-7-12(10-11)25(21,22)17-14-9-4-3-8-13(14)16-24(2,19)20/h3-10,16-17H,1-2H3. The number of anilines is 2.